The van der Waals surface area contributed by atoms with Crippen molar-refractivity contribution >= 4 is 22.2 Å². The molecule has 142 valence electrons. The third kappa shape index (κ3) is 3.30. The van der Waals surface area contributed by atoms with Crippen LogP contribution >= 0.6 is 11.3 Å². The van der Waals surface area contributed by atoms with Crippen LogP contribution in [0.4, 0.5) is 0 Å². The molecule has 4 rings (SSSR count). The van der Waals surface area contributed by atoms with Crippen molar-refractivity contribution in [2.75, 3.05) is 13.1 Å². The van der Waals surface area contributed by atoms with Crippen LogP contribution in [0.25, 0.3) is 4.96 Å². The number of carbonyl (C=O) groups excluding carboxylic acids is 1. The van der Waals surface area contributed by atoms with Gasteiger partial charge >= 0.3 is 0 Å². The summed E-state index contributed by atoms with van der Waals surface area (Å²) in [6, 6.07) is 10.2. The van der Waals surface area contributed by atoms with Crippen molar-refractivity contribution in [3.63, 3.8) is 0 Å². The molecular formula is C19H24N5O2S+. The van der Waals surface area contributed by atoms with Crippen LogP contribution in [0, 0.1) is 5.92 Å². The van der Waals surface area contributed by atoms with E-state index in [1.807, 2.05) is 25.1 Å². The zero-order valence-corrected chi connectivity index (χ0v) is 16.1. The Hall–Kier alpha value is -2.45. The van der Waals surface area contributed by atoms with Gasteiger partial charge in [-0.2, -0.15) is 4.52 Å². The summed E-state index contributed by atoms with van der Waals surface area (Å²) in [6.07, 6.45) is 2.28. The maximum Gasteiger partial charge on any atom is 0.235 e. The number of aryl methyl sites for hydroxylation is 1. The second kappa shape index (κ2) is 7.28. The number of rotatable bonds is 5. The van der Waals surface area contributed by atoms with Gasteiger partial charge in [-0.3, -0.25) is 4.79 Å². The van der Waals surface area contributed by atoms with Crippen molar-refractivity contribution in [3.8, 4) is 5.88 Å². The molecule has 27 heavy (non-hydrogen) atoms. The van der Waals surface area contributed by atoms with Crippen LogP contribution in [-0.4, -0.2) is 38.7 Å². The maximum absolute atomic E-state index is 11.5. The molecule has 1 aliphatic heterocycles. The van der Waals surface area contributed by atoms with E-state index in [1.165, 1.54) is 16.2 Å². The number of likely N-dealkylation sites (tertiary alicyclic amines) is 1. The molecule has 0 bridgehead atoms. The van der Waals surface area contributed by atoms with Crippen LogP contribution in [0.3, 0.4) is 0 Å². The Kier molecular flexibility index (Phi) is 4.84. The first-order valence-electron chi connectivity index (χ1n) is 9.34. The van der Waals surface area contributed by atoms with Crippen LogP contribution < -0.4 is 10.6 Å². The highest BCUT2D eigenvalue weighted by molar-refractivity contribution is 7.17. The van der Waals surface area contributed by atoms with E-state index in [9.17, 15) is 9.90 Å². The quantitative estimate of drug-likeness (QED) is 0.608. The summed E-state index contributed by atoms with van der Waals surface area (Å²) in [6.45, 7) is 3.66. The number of hydrogen-bond acceptors (Lipinski definition) is 5. The van der Waals surface area contributed by atoms with Gasteiger partial charge in [0.05, 0.1) is 13.1 Å². The van der Waals surface area contributed by atoms with E-state index >= 15 is 0 Å². The van der Waals surface area contributed by atoms with Gasteiger partial charge in [0.1, 0.15) is 4.88 Å². The largest absolute Gasteiger partial charge is 0.492 e. The Morgan fingerprint density at radius 1 is 1.37 bits per heavy atom. The lowest BCUT2D eigenvalue weighted by molar-refractivity contribution is -0.930. The third-order valence-electron chi connectivity index (χ3n) is 5.39. The second-order valence-corrected chi connectivity index (χ2v) is 8.05. The molecule has 3 aromatic rings. The number of thiazole rings is 1. The Bertz CT molecular complexity index is 944. The van der Waals surface area contributed by atoms with Gasteiger partial charge < -0.3 is 15.7 Å². The Morgan fingerprint density at radius 2 is 2.07 bits per heavy atom. The van der Waals surface area contributed by atoms with E-state index in [4.69, 9.17) is 5.73 Å². The molecule has 8 heteroatoms. The second-order valence-electron chi connectivity index (χ2n) is 7.04. The number of aromatic nitrogens is 3. The van der Waals surface area contributed by atoms with E-state index in [-0.39, 0.29) is 23.7 Å². The molecule has 1 aliphatic rings. The van der Waals surface area contributed by atoms with E-state index < -0.39 is 0 Å². The van der Waals surface area contributed by atoms with Crippen LogP contribution in [0.5, 0.6) is 5.88 Å². The smallest absolute Gasteiger partial charge is 0.235 e. The normalized spacial score (nSPS) is 21.4. The number of primary amides is 1. The maximum atomic E-state index is 11.5. The summed E-state index contributed by atoms with van der Waals surface area (Å²) >= 11 is 1.49. The number of hydrogen-bond donors (Lipinski definition) is 3. The predicted octanol–water partition coefficient (Wildman–Crippen LogP) is 0.928. The van der Waals surface area contributed by atoms with Gasteiger partial charge in [0.2, 0.25) is 16.7 Å². The van der Waals surface area contributed by atoms with Gasteiger partial charge in [0, 0.05) is 30.7 Å². The lowest BCUT2D eigenvalue weighted by Crippen LogP contribution is -3.13. The highest BCUT2D eigenvalue weighted by Gasteiger charge is 2.36. The number of nitrogens with two attached hydrogens (primary N) is 1. The topological polar surface area (TPSA) is 98.0 Å². The van der Waals surface area contributed by atoms with E-state index in [0.717, 1.165) is 48.6 Å². The van der Waals surface area contributed by atoms with E-state index in [2.05, 4.69) is 22.2 Å². The van der Waals surface area contributed by atoms with Crippen molar-refractivity contribution in [2.45, 2.75) is 32.2 Å². The van der Waals surface area contributed by atoms with E-state index in [1.54, 1.807) is 4.52 Å². The molecule has 4 N–H and O–H groups in total. The van der Waals surface area contributed by atoms with Gasteiger partial charge in [0.15, 0.2) is 11.9 Å². The summed E-state index contributed by atoms with van der Waals surface area (Å²) in [7, 11) is 0. The molecule has 0 spiro atoms. The molecule has 1 aromatic carbocycles. The molecule has 3 heterocycles. The molecule has 0 saturated carbocycles. The zero-order valence-electron chi connectivity index (χ0n) is 15.3. The fourth-order valence-electron chi connectivity index (χ4n) is 3.91. The standard InChI is InChI=1S/C19H23N5O2S/c1-2-14-21-19-24(22-14)18(26)16(27-19)15(12-6-4-3-5-7-12)23-10-8-13(9-11-23)17(20)25/h3-7,13,15,26H,2,8-11H2,1H3,(H2,20,25)/p+1/t15-/m1/s1. The number of quaternary nitrogens is 1. The number of amides is 1. The minimum atomic E-state index is -0.209. The molecule has 7 nitrogen and oxygen atoms in total. The summed E-state index contributed by atoms with van der Waals surface area (Å²) in [5.74, 6) is 0.641. The molecule has 0 aliphatic carbocycles. The van der Waals surface area contributed by atoms with Crippen molar-refractivity contribution in [1.29, 1.82) is 0 Å². The summed E-state index contributed by atoms with van der Waals surface area (Å²) in [4.78, 5) is 18.9. The lowest BCUT2D eigenvalue weighted by Gasteiger charge is -2.33. The number of nitrogens with zero attached hydrogens (tertiary/aromatic N) is 3. The van der Waals surface area contributed by atoms with Gasteiger partial charge in [0.25, 0.3) is 0 Å². The molecule has 1 amide bonds. The van der Waals surface area contributed by atoms with Gasteiger partial charge in [-0.15, -0.1) is 5.10 Å². The third-order valence-corrected chi connectivity index (χ3v) is 6.48. The molecule has 1 atom stereocenters. The summed E-state index contributed by atoms with van der Waals surface area (Å²) < 4.78 is 1.55. The van der Waals surface area contributed by atoms with Crippen molar-refractivity contribution in [1.82, 2.24) is 14.6 Å². The summed E-state index contributed by atoms with van der Waals surface area (Å²) in [5, 5.41) is 15.3. The highest BCUT2D eigenvalue weighted by atomic mass is 32.1. The molecule has 2 aromatic heterocycles. The Balaban J connectivity index is 1.72. The first kappa shape index (κ1) is 17.9. The number of aromatic hydroxyl groups is 1. The predicted molar refractivity (Wildman–Crippen MR) is 103 cm³/mol. The average molecular weight is 387 g/mol. The van der Waals surface area contributed by atoms with E-state index in [0.29, 0.717) is 4.96 Å². The molecule has 0 unspecified atom stereocenters. The Morgan fingerprint density at radius 3 is 2.67 bits per heavy atom. The molecule has 0 radical (unpaired) electrons. The molecule has 1 fully saturated rings. The first-order chi connectivity index (χ1) is 13.1. The monoisotopic (exact) mass is 386 g/mol. The zero-order chi connectivity index (χ0) is 19.0. The van der Waals surface area contributed by atoms with Crippen LogP contribution in [0.1, 0.15) is 42.1 Å². The average Bonchev–Trinajstić information content (AvgIpc) is 3.23. The van der Waals surface area contributed by atoms with Crippen molar-refractivity contribution < 1.29 is 14.8 Å². The highest BCUT2D eigenvalue weighted by Crippen LogP contribution is 2.35. The molecular weight excluding hydrogens is 362 g/mol. The lowest BCUT2D eigenvalue weighted by atomic mass is 9.93. The van der Waals surface area contributed by atoms with Crippen LogP contribution in [0.15, 0.2) is 30.3 Å². The van der Waals surface area contributed by atoms with Gasteiger partial charge in [-0.05, 0) is 0 Å². The number of carbonyl (C=O) groups is 1. The van der Waals surface area contributed by atoms with Gasteiger partial charge in [-0.1, -0.05) is 48.6 Å². The SMILES string of the molecule is CCc1nc2sc([C@@H](c3ccccc3)[NH+]3CCC(C(N)=O)CC3)c(O)n2n1. The fourth-order valence-corrected chi connectivity index (χ4v) is 5.07. The summed E-state index contributed by atoms with van der Waals surface area (Å²) in [5.41, 5.74) is 6.63. The van der Waals surface area contributed by atoms with Crippen molar-refractivity contribution in [2.24, 2.45) is 11.7 Å². The number of fused-ring (bicyclic) bond motifs is 1. The van der Waals surface area contributed by atoms with Crippen molar-refractivity contribution in [3.05, 3.63) is 46.6 Å². The Labute approximate surface area is 161 Å². The minimum Gasteiger partial charge on any atom is -0.492 e. The molecule has 1 saturated heterocycles. The van der Waals surface area contributed by atoms with Crippen LogP contribution in [0.2, 0.25) is 0 Å². The van der Waals surface area contributed by atoms with Crippen LogP contribution in [-0.2, 0) is 11.2 Å². The number of benzene rings is 1. The van der Waals surface area contributed by atoms with Gasteiger partial charge in [-0.25, -0.2) is 4.98 Å². The first-order valence-corrected chi connectivity index (χ1v) is 10.2. The minimum absolute atomic E-state index is 0.0152. The fraction of sp³-hybridized carbons (Fsp3) is 0.421. The number of nitrogens with one attached hydrogen (secondary N) is 1. The number of piperidine rings is 1.